The maximum atomic E-state index is 14.5. The number of nitrogens with one attached hydrogen (secondary N) is 7. The Morgan fingerprint density at radius 1 is 0.836 bits per heavy atom. The molecule has 18 heteroatoms. The highest BCUT2D eigenvalue weighted by molar-refractivity contribution is 8.77. The van der Waals surface area contributed by atoms with Crippen molar-refractivity contribution in [3.8, 4) is 0 Å². The van der Waals surface area contributed by atoms with Gasteiger partial charge in [0.05, 0.1) is 12.7 Å². The van der Waals surface area contributed by atoms with Gasteiger partial charge in [-0.1, -0.05) is 89.4 Å². The number of aromatic nitrogens is 1. The SMILES string of the molecule is C[C@@H](O)[C@@H]1NC(=O)[C@H](CCCCN)NC(=O)C(Cc2c[nH]c3ccccc23)NC(=O)[C@H](Cc2ccccc2)NC(=O)CC2(CCCCC2)SSCC(C(=O)NCCO)NC1=O. The molecule has 2 unspecified atom stereocenters. The first-order chi connectivity index (χ1) is 29.4. The van der Waals surface area contributed by atoms with E-state index in [0.29, 0.717) is 32.2 Å². The van der Waals surface area contributed by atoms with Crippen molar-refractivity contribution in [1.82, 2.24) is 36.9 Å². The fourth-order valence-corrected chi connectivity index (χ4v) is 11.1. The molecule has 1 aliphatic carbocycles. The average Bonchev–Trinajstić information content (AvgIpc) is 3.66. The summed E-state index contributed by atoms with van der Waals surface area (Å²) in [4.78, 5) is 87.6. The third-order valence-corrected chi connectivity index (χ3v) is 14.4. The third-order valence-electron chi connectivity index (χ3n) is 11.1. The predicted molar refractivity (Wildman–Crippen MR) is 237 cm³/mol. The maximum absolute atomic E-state index is 14.5. The average molecular weight is 881 g/mol. The molecule has 2 aromatic carbocycles. The monoisotopic (exact) mass is 880 g/mol. The molecule has 1 spiro atoms. The predicted octanol–water partition coefficient (Wildman–Crippen LogP) is 1.48. The van der Waals surface area contributed by atoms with E-state index in [2.05, 4.69) is 36.9 Å². The molecule has 1 aliphatic heterocycles. The van der Waals surface area contributed by atoms with E-state index in [0.717, 1.165) is 41.3 Å². The summed E-state index contributed by atoms with van der Waals surface area (Å²) >= 11 is 0. The van der Waals surface area contributed by atoms with Gasteiger partial charge < -0.3 is 52.8 Å². The van der Waals surface area contributed by atoms with Crippen LogP contribution in [-0.2, 0) is 41.6 Å². The number of unbranched alkanes of at least 4 members (excludes halogenated alkanes) is 1. The van der Waals surface area contributed by atoms with E-state index >= 15 is 0 Å². The number of carbonyl (C=O) groups excluding carboxylic acids is 6. The van der Waals surface area contributed by atoms with Crippen LogP contribution in [0.3, 0.4) is 0 Å². The van der Waals surface area contributed by atoms with Gasteiger partial charge in [0.1, 0.15) is 30.2 Å². The molecule has 5 rings (SSSR count). The molecule has 1 saturated carbocycles. The van der Waals surface area contributed by atoms with Crippen LogP contribution in [0.4, 0.5) is 0 Å². The molecule has 2 heterocycles. The van der Waals surface area contributed by atoms with Crippen molar-refractivity contribution in [2.24, 2.45) is 5.73 Å². The van der Waals surface area contributed by atoms with Gasteiger partial charge in [0.15, 0.2) is 0 Å². The summed E-state index contributed by atoms with van der Waals surface area (Å²) in [7, 11) is 2.78. The molecule has 1 saturated heterocycles. The van der Waals surface area contributed by atoms with Crippen LogP contribution >= 0.6 is 21.6 Å². The number of aliphatic hydroxyl groups is 2. The molecule has 6 amide bonds. The minimum Gasteiger partial charge on any atom is -0.395 e. The van der Waals surface area contributed by atoms with E-state index in [9.17, 15) is 39.0 Å². The molecule has 3 aromatic rings. The van der Waals surface area contributed by atoms with Crippen LogP contribution in [0.1, 0.15) is 75.8 Å². The largest absolute Gasteiger partial charge is 0.395 e. The number of benzene rings is 2. The van der Waals surface area contributed by atoms with Crippen molar-refractivity contribution < 1.29 is 39.0 Å². The highest BCUT2D eigenvalue weighted by atomic mass is 33.1. The normalized spacial score (nSPS) is 24.1. The van der Waals surface area contributed by atoms with Gasteiger partial charge in [-0.15, -0.1) is 0 Å². The van der Waals surface area contributed by atoms with Gasteiger partial charge >= 0.3 is 0 Å². The number of hydrogen-bond acceptors (Lipinski definition) is 11. The molecule has 2 aliphatic rings. The molecule has 6 atom stereocenters. The van der Waals surface area contributed by atoms with Crippen LogP contribution in [0.2, 0.25) is 0 Å². The summed E-state index contributed by atoms with van der Waals surface area (Å²) in [6.45, 7) is 1.26. The van der Waals surface area contributed by atoms with E-state index in [1.807, 2.05) is 54.6 Å². The molecule has 0 radical (unpaired) electrons. The van der Waals surface area contributed by atoms with Crippen LogP contribution in [-0.4, -0.2) is 117 Å². The summed E-state index contributed by atoms with van der Waals surface area (Å²) in [5, 5.41) is 37.7. The highest BCUT2D eigenvalue weighted by Crippen LogP contribution is 2.48. The lowest BCUT2D eigenvalue weighted by Crippen LogP contribution is -2.61. The number of amides is 6. The number of para-hydroxylation sites is 1. The van der Waals surface area contributed by atoms with E-state index in [1.165, 1.54) is 28.5 Å². The molecule has 11 N–H and O–H groups in total. The fraction of sp³-hybridized carbons (Fsp3) is 0.535. The Balaban J connectivity index is 1.54. The van der Waals surface area contributed by atoms with Gasteiger partial charge in [-0.3, -0.25) is 28.8 Å². The first kappa shape index (κ1) is 47.4. The summed E-state index contributed by atoms with van der Waals surface area (Å²) in [5.74, 6) is -3.73. The highest BCUT2D eigenvalue weighted by Gasteiger charge is 2.39. The second-order valence-electron chi connectivity index (χ2n) is 15.9. The zero-order chi connectivity index (χ0) is 43.8. The lowest BCUT2D eigenvalue weighted by atomic mass is 9.85. The van der Waals surface area contributed by atoms with Gasteiger partial charge in [0.2, 0.25) is 35.4 Å². The lowest BCUT2D eigenvalue weighted by molar-refractivity contribution is -0.136. The Bertz CT molecular complexity index is 1940. The van der Waals surface area contributed by atoms with E-state index in [-0.39, 0.29) is 50.5 Å². The molecular weight excluding hydrogens is 821 g/mol. The number of fused-ring (bicyclic) bond motifs is 1. The van der Waals surface area contributed by atoms with Crippen LogP contribution < -0.4 is 37.6 Å². The Hall–Kier alpha value is -4.62. The number of hydrogen-bond donors (Lipinski definition) is 10. The Labute approximate surface area is 364 Å². The van der Waals surface area contributed by atoms with Crippen LogP contribution in [0.25, 0.3) is 10.9 Å². The molecule has 2 fully saturated rings. The van der Waals surface area contributed by atoms with Crippen molar-refractivity contribution in [2.75, 3.05) is 25.4 Å². The summed E-state index contributed by atoms with van der Waals surface area (Å²) in [6.07, 6.45) is 5.82. The molecule has 0 bridgehead atoms. The van der Waals surface area contributed by atoms with Gasteiger partial charge in [-0.2, -0.15) is 0 Å². The number of carbonyl (C=O) groups is 6. The van der Waals surface area contributed by atoms with Gasteiger partial charge in [0.25, 0.3) is 0 Å². The Kier molecular flexibility index (Phi) is 18.3. The minimum atomic E-state index is -1.52. The van der Waals surface area contributed by atoms with Crippen molar-refractivity contribution in [3.05, 3.63) is 71.9 Å². The van der Waals surface area contributed by atoms with Crippen molar-refractivity contribution in [2.45, 2.75) is 119 Å². The molecule has 61 heavy (non-hydrogen) atoms. The number of rotatable bonds is 12. The number of H-pyrrole nitrogens is 1. The van der Waals surface area contributed by atoms with Gasteiger partial charge in [-0.25, -0.2) is 0 Å². The third kappa shape index (κ3) is 13.9. The van der Waals surface area contributed by atoms with Crippen molar-refractivity contribution in [3.63, 3.8) is 0 Å². The molecule has 1 aromatic heterocycles. The standard InChI is InChI=1S/C43H60N8O8S2/c1-27(53)37-42(59)50-35(38(55)45-20-21-52)26-60-61-43(17-9-3-10-18-43)24-36(54)47-33(22-28-12-4-2-5-13-28)40(57)49-34(23-29-25-46-31-15-7-6-14-30(29)31)41(58)48-32(39(56)51-37)16-8-11-19-44/h2,4-7,12-15,25,27,32-35,37,46,52-53H,3,8-11,16-24,26,44H2,1H3,(H,45,55)(H,47,54)(H,48,58)(H,49,57)(H,50,59)(H,51,56)/t27-,32+,33+,34?,35?,37+/m1/s1. The topological polar surface area (TPSA) is 257 Å². The minimum absolute atomic E-state index is 0.0279. The first-order valence-electron chi connectivity index (χ1n) is 21.1. The second-order valence-corrected chi connectivity index (χ2v) is 18.7. The van der Waals surface area contributed by atoms with Gasteiger partial charge in [-0.05, 0) is 62.8 Å². The number of aliphatic hydroxyl groups excluding tert-OH is 2. The second kappa shape index (κ2) is 23.6. The van der Waals surface area contributed by atoms with E-state index < -0.39 is 70.6 Å². The lowest BCUT2D eigenvalue weighted by Gasteiger charge is -2.36. The van der Waals surface area contributed by atoms with Crippen LogP contribution in [0.15, 0.2) is 60.8 Å². The van der Waals surface area contributed by atoms with Gasteiger partial charge in [0, 0.05) is 53.4 Å². The van der Waals surface area contributed by atoms with Crippen molar-refractivity contribution >= 4 is 67.9 Å². The quantitative estimate of drug-likeness (QED) is 0.0921. The maximum Gasteiger partial charge on any atom is 0.245 e. The smallest absolute Gasteiger partial charge is 0.245 e. The molecule has 332 valence electrons. The Morgan fingerprint density at radius 2 is 1.51 bits per heavy atom. The summed E-state index contributed by atoms with van der Waals surface area (Å²) < 4.78 is -0.551. The van der Waals surface area contributed by atoms with Crippen LogP contribution in [0.5, 0.6) is 0 Å². The number of aromatic amines is 1. The zero-order valence-corrected chi connectivity index (χ0v) is 36.2. The molecule has 16 nitrogen and oxygen atoms in total. The van der Waals surface area contributed by atoms with Crippen LogP contribution in [0, 0.1) is 0 Å². The van der Waals surface area contributed by atoms with Crippen molar-refractivity contribution in [1.29, 1.82) is 0 Å². The first-order valence-corrected chi connectivity index (χ1v) is 23.4. The summed E-state index contributed by atoms with van der Waals surface area (Å²) in [5.41, 5.74) is 8.13. The zero-order valence-electron chi connectivity index (χ0n) is 34.6. The Morgan fingerprint density at radius 3 is 2.21 bits per heavy atom. The number of nitrogens with two attached hydrogens (primary N) is 1. The van der Waals surface area contributed by atoms with E-state index in [4.69, 9.17) is 5.73 Å². The fourth-order valence-electron chi connectivity index (χ4n) is 7.75. The summed E-state index contributed by atoms with van der Waals surface area (Å²) in [6, 6.07) is 10.6. The van der Waals surface area contributed by atoms with E-state index in [1.54, 1.807) is 6.20 Å². The molecular formula is C43H60N8O8S2.